The minimum atomic E-state index is 0.0915. The van der Waals surface area contributed by atoms with Crippen LogP contribution < -0.4 is 4.90 Å². The second kappa shape index (κ2) is 6.58. The van der Waals surface area contributed by atoms with Crippen molar-refractivity contribution >= 4 is 22.4 Å². The first-order valence-electron chi connectivity index (χ1n) is 7.54. The van der Waals surface area contributed by atoms with E-state index in [1.54, 1.807) is 18.1 Å². The molecule has 0 spiro atoms. The van der Waals surface area contributed by atoms with Gasteiger partial charge in [0.1, 0.15) is 0 Å². The average molecular weight is 319 g/mol. The van der Waals surface area contributed by atoms with Crippen molar-refractivity contribution < 1.29 is 4.79 Å². The highest BCUT2D eigenvalue weighted by Gasteiger charge is 2.25. The summed E-state index contributed by atoms with van der Waals surface area (Å²) in [4.78, 5) is 20.4. The first kappa shape index (κ1) is 15.2. The average Bonchev–Trinajstić information content (AvgIpc) is 3.18. The molecule has 2 aromatic heterocycles. The number of nitrogens with zero attached hydrogens (tertiary/aromatic N) is 4. The molecule has 0 saturated carbocycles. The van der Waals surface area contributed by atoms with Crippen molar-refractivity contribution in [3.05, 3.63) is 29.0 Å². The van der Waals surface area contributed by atoms with E-state index in [0.29, 0.717) is 12.5 Å². The summed E-state index contributed by atoms with van der Waals surface area (Å²) in [5.74, 6) is 0.505. The van der Waals surface area contributed by atoms with E-state index in [4.69, 9.17) is 0 Å². The Morgan fingerprint density at radius 3 is 3.14 bits per heavy atom. The molecule has 0 aromatic carbocycles. The van der Waals surface area contributed by atoms with Crippen molar-refractivity contribution in [2.45, 2.75) is 25.7 Å². The first-order chi connectivity index (χ1) is 10.6. The van der Waals surface area contributed by atoms with E-state index in [9.17, 15) is 4.79 Å². The number of aromatic amines is 1. The van der Waals surface area contributed by atoms with Crippen molar-refractivity contribution in [1.82, 2.24) is 20.1 Å². The maximum absolute atomic E-state index is 12.4. The number of aromatic nitrogens is 3. The monoisotopic (exact) mass is 319 g/mol. The Balaban J connectivity index is 1.59. The third-order valence-electron chi connectivity index (χ3n) is 4.09. The summed E-state index contributed by atoms with van der Waals surface area (Å²) in [5, 5.41) is 10.0. The second-order valence-electron chi connectivity index (χ2n) is 5.82. The molecule has 2 aromatic rings. The lowest BCUT2D eigenvalue weighted by Gasteiger charge is -2.32. The summed E-state index contributed by atoms with van der Waals surface area (Å²) in [6.45, 7) is 4.32. The van der Waals surface area contributed by atoms with Crippen LogP contribution in [0.4, 0.5) is 5.13 Å². The molecule has 1 aliphatic rings. The molecule has 1 fully saturated rings. The van der Waals surface area contributed by atoms with E-state index < -0.39 is 0 Å². The molecule has 0 aliphatic carbocycles. The van der Waals surface area contributed by atoms with Crippen LogP contribution in [0, 0.1) is 6.92 Å². The van der Waals surface area contributed by atoms with Gasteiger partial charge in [-0.05, 0) is 32.4 Å². The number of hydrogen-bond donors (Lipinski definition) is 1. The highest BCUT2D eigenvalue weighted by atomic mass is 32.1. The zero-order valence-corrected chi connectivity index (χ0v) is 13.8. The van der Waals surface area contributed by atoms with Crippen LogP contribution in [0.1, 0.15) is 30.1 Å². The largest absolute Gasteiger partial charge is 0.294 e. The molecule has 118 valence electrons. The van der Waals surface area contributed by atoms with E-state index in [2.05, 4.69) is 26.1 Å². The number of thiazole rings is 1. The molecule has 1 atom stereocenters. The number of aryl methyl sites for hydroxylation is 1. The Morgan fingerprint density at radius 1 is 1.59 bits per heavy atom. The molecule has 1 saturated heterocycles. The molecule has 7 heteroatoms. The summed E-state index contributed by atoms with van der Waals surface area (Å²) >= 11 is 1.48. The van der Waals surface area contributed by atoms with Crippen LogP contribution in [-0.4, -0.2) is 52.7 Å². The molecule has 3 heterocycles. The predicted molar refractivity (Wildman–Crippen MR) is 87.3 cm³/mol. The fourth-order valence-electron chi connectivity index (χ4n) is 2.87. The SMILES string of the molecule is Cc1cc(C2CCCN(CC(=O)N(C)c3nccs3)C2)n[nH]1. The minimum Gasteiger partial charge on any atom is -0.294 e. The Labute approximate surface area is 134 Å². The van der Waals surface area contributed by atoms with Crippen LogP contribution in [0.15, 0.2) is 17.6 Å². The number of anilines is 1. The molecule has 3 rings (SSSR count). The van der Waals surface area contributed by atoms with Gasteiger partial charge in [0.15, 0.2) is 5.13 Å². The summed E-state index contributed by atoms with van der Waals surface area (Å²) < 4.78 is 0. The van der Waals surface area contributed by atoms with Crippen molar-refractivity contribution in [3.63, 3.8) is 0 Å². The number of carbonyl (C=O) groups is 1. The first-order valence-corrected chi connectivity index (χ1v) is 8.42. The lowest BCUT2D eigenvalue weighted by Crippen LogP contribution is -2.42. The number of carbonyl (C=O) groups excluding carboxylic acids is 1. The van der Waals surface area contributed by atoms with Gasteiger partial charge in [0.25, 0.3) is 0 Å². The van der Waals surface area contributed by atoms with Gasteiger partial charge in [-0.3, -0.25) is 19.7 Å². The number of amides is 1. The van der Waals surface area contributed by atoms with Gasteiger partial charge < -0.3 is 0 Å². The molecule has 0 radical (unpaired) electrons. The van der Waals surface area contributed by atoms with Crippen LogP contribution in [0.3, 0.4) is 0 Å². The van der Waals surface area contributed by atoms with Crippen molar-refractivity contribution in [3.8, 4) is 0 Å². The molecule has 1 aliphatic heterocycles. The van der Waals surface area contributed by atoms with Gasteiger partial charge in [-0.1, -0.05) is 0 Å². The molecular weight excluding hydrogens is 298 g/mol. The summed E-state index contributed by atoms with van der Waals surface area (Å²) in [7, 11) is 1.79. The lowest BCUT2D eigenvalue weighted by molar-refractivity contribution is -0.119. The third kappa shape index (κ3) is 3.36. The van der Waals surface area contributed by atoms with Gasteiger partial charge in [0.2, 0.25) is 5.91 Å². The maximum atomic E-state index is 12.4. The topological polar surface area (TPSA) is 65.1 Å². The van der Waals surface area contributed by atoms with Gasteiger partial charge in [-0.15, -0.1) is 11.3 Å². The quantitative estimate of drug-likeness (QED) is 0.936. The lowest BCUT2D eigenvalue weighted by atomic mass is 9.94. The van der Waals surface area contributed by atoms with E-state index in [1.807, 2.05) is 12.3 Å². The van der Waals surface area contributed by atoms with E-state index >= 15 is 0 Å². The Kier molecular flexibility index (Phi) is 4.54. The van der Waals surface area contributed by atoms with Crippen molar-refractivity contribution in [1.29, 1.82) is 0 Å². The van der Waals surface area contributed by atoms with Gasteiger partial charge in [0, 0.05) is 36.8 Å². The Morgan fingerprint density at radius 2 is 2.45 bits per heavy atom. The number of likely N-dealkylation sites (tertiary alicyclic amines) is 1. The molecule has 6 nitrogen and oxygen atoms in total. The maximum Gasteiger partial charge on any atom is 0.242 e. The zero-order valence-electron chi connectivity index (χ0n) is 13.0. The number of piperidine rings is 1. The third-order valence-corrected chi connectivity index (χ3v) is 4.94. The number of H-pyrrole nitrogens is 1. The van der Waals surface area contributed by atoms with Gasteiger partial charge in [0.05, 0.1) is 12.2 Å². The van der Waals surface area contributed by atoms with Crippen molar-refractivity contribution in [2.75, 3.05) is 31.6 Å². The molecule has 0 bridgehead atoms. The fraction of sp³-hybridized carbons (Fsp3) is 0.533. The Hall–Kier alpha value is -1.73. The van der Waals surface area contributed by atoms with Gasteiger partial charge >= 0.3 is 0 Å². The van der Waals surface area contributed by atoms with Crippen LogP contribution in [0.25, 0.3) is 0 Å². The standard InChI is InChI=1S/C15H21N5OS/c1-11-8-13(18-17-11)12-4-3-6-20(9-12)10-14(21)19(2)15-16-5-7-22-15/h5,7-8,12H,3-4,6,9-10H2,1-2H3,(H,17,18). The minimum absolute atomic E-state index is 0.0915. The van der Waals surface area contributed by atoms with Crippen molar-refractivity contribution in [2.24, 2.45) is 0 Å². The predicted octanol–water partition coefficient (Wildman–Crippen LogP) is 2.02. The fourth-order valence-corrected chi connectivity index (χ4v) is 3.50. The Bertz CT molecular complexity index is 624. The van der Waals surface area contributed by atoms with Crippen LogP contribution in [-0.2, 0) is 4.79 Å². The summed E-state index contributed by atoms with van der Waals surface area (Å²) in [6.07, 6.45) is 3.96. The van der Waals surface area contributed by atoms with Crippen LogP contribution in [0.2, 0.25) is 0 Å². The van der Waals surface area contributed by atoms with Gasteiger partial charge in [-0.2, -0.15) is 5.10 Å². The number of likely N-dealkylation sites (N-methyl/N-ethyl adjacent to an activating group) is 1. The van der Waals surface area contributed by atoms with Crippen LogP contribution >= 0.6 is 11.3 Å². The molecule has 22 heavy (non-hydrogen) atoms. The van der Waals surface area contributed by atoms with E-state index in [-0.39, 0.29) is 5.91 Å². The second-order valence-corrected chi connectivity index (χ2v) is 6.69. The number of rotatable bonds is 4. The van der Waals surface area contributed by atoms with E-state index in [1.165, 1.54) is 11.3 Å². The normalized spacial score (nSPS) is 19.3. The summed E-state index contributed by atoms with van der Waals surface area (Å²) in [5.41, 5.74) is 2.20. The molecule has 1 N–H and O–H groups in total. The highest BCUT2D eigenvalue weighted by Crippen LogP contribution is 2.26. The van der Waals surface area contributed by atoms with Crippen LogP contribution in [0.5, 0.6) is 0 Å². The number of hydrogen-bond acceptors (Lipinski definition) is 5. The zero-order chi connectivity index (χ0) is 15.5. The molecule has 1 amide bonds. The smallest absolute Gasteiger partial charge is 0.242 e. The highest BCUT2D eigenvalue weighted by molar-refractivity contribution is 7.13. The van der Waals surface area contributed by atoms with Gasteiger partial charge in [-0.25, -0.2) is 4.98 Å². The molecular formula is C15H21N5OS. The van der Waals surface area contributed by atoms with E-state index in [0.717, 1.165) is 42.5 Å². The number of nitrogens with one attached hydrogen (secondary N) is 1. The molecule has 1 unspecified atom stereocenters. The summed E-state index contributed by atoms with van der Waals surface area (Å²) in [6, 6.07) is 2.11.